The van der Waals surface area contributed by atoms with Gasteiger partial charge in [0.15, 0.2) is 0 Å². The summed E-state index contributed by atoms with van der Waals surface area (Å²) in [6.07, 6.45) is 0. The van der Waals surface area contributed by atoms with Crippen molar-refractivity contribution >= 4 is 37.2 Å². The van der Waals surface area contributed by atoms with Crippen molar-refractivity contribution in [2.45, 2.75) is 0 Å². The summed E-state index contributed by atoms with van der Waals surface area (Å²) in [6, 6.07) is 0. The van der Waals surface area contributed by atoms with Crippen molar-refractivity contribution in [2.24, 2.45) is 0 Å². The van der Waals surface area contributed by atoms with Gasteiger partial charge in [0.2, 0.25) is 0 Å². The zero-order valence-corrected chi connectivity index (χ0v) is 12.2. The second-order valence-corrected chi connectivity index (χ2v) is 16.3. The Balaban J connectivity index is -0.0000000200. The van der Waals surface area contributed by atoms with E-state index >= 15 is 0 Å². The van der Waals surface area contributed by atoms with E-state index in [1.165, 1.54) is 0 Å². The van der Waals surface area contributed by atoms with Crippen molar-refractivity contribution in [2.75, 3.05) is 0 Å². The molecular weight excluding hydrogens is 436 g/mol. The Bertz CT molecular complexity index is 6.85. The van der Waals surface area contributed by atoms with E-state index in [2.05, 4.69) is 37.2 Å². The summed E-state index contributed by atoms with van der Waals surface area (Å²) in [5.41, 5.74) is 0. The molecule has 0 heterocycles. The molecule has 0 aromatic heterocycles. The molecule has 0 unspecified atom stereocenters. The van der Waals surface area contributed by atoms with Crippen LogP contribution in [0.3, 0.4) is 0 Å². The predicted molar refractivity (Wildman–Crippen MR) is 31.7 cm³/mol. The van der Waals surface area contributed by atoms with E-state index in [1.54, 1.807) is 0 Å². The minimum absolute atomic E-state index is 0. The molecule has 0 rings (SSSR count). The molecule has 5 heavy (non-hydrogen) atoms. The molecule has 30 valence electrons. The minimum atomic E-state index is 0. The fourth-order valence-corrected chi connectivity index (χ4v) is 0. The zero-order chi connectivity index (χ0) is 2.71. The second-order valence-electron chi connectivity index (χ2n) is 0.0540. The molecule has 0 atom stereocenters. The van der Waals surface area contributed by atoms with Crippen LogP contribution in [0.2, 0.25) is 0 Å². The van der Waals surface area contributed by atoms with Crippen LogP contribution in [0.1, 0.15) is 0 Å². The van der Waals surface area contributed by atoms with Crippen LogP contribution < -0.4 is 64.6 Å². The van der Waals surface area contributed by atoms with Gasteiger partial charge in [-0.15, -0.1) is 0 Å². The van der Waals surface area contributed by atoms with E-state index in [-0.39, 0.29) is 56.9 Å². The van der Waals surface area contributed by atoms with Crippen molar-refractivity contribution in [1.29, 1.82) is 0 Å². The summed E-state index contributed by atoms with van der Waals surface area (Å²) in [6.45, 7) is 0. The predicted octanol–water partition coefficient (Wildman–Crippen LogP) is -5.05. The van der Waals surface area contributed by atoms with Crippen LogP contribution in [0.5, 0.6) is 0 Å². The average Bonchev–Trinajstić information content (AvgIpc) is 0.918. The van der Waals surface area contributed by atoms with Crippen molar-refractivity contribution < 1.29 is 70.1 Å². The second kappa shape index (κ2) is 15.7. The van der Waals surface area contributed by atoms with E-state index in [0.29, 0.717) is 13.3 Å². The molecule has 0 spiro atoms. The van der Waals surface area contributed by atoms with Gasteiger partial charge in [0.05, 0.1) is 0 Å². The van der Waals surface area contributed by atoms with Gasteiger partial charge in [-0.1, -0.05) is 0 Å². The van der Waals surface area contributed by atoms with Gasteiger partial charge in [-0.2, -0.15) is 0 Å². The smallest absolute Gasteiger partial charge is 0.412 e. The monoisotopic (exact) mass is 438 g/mol. The molecule has 0 bridgehead atoms. The first-order chi connectivity index (χ1) is 1.41. The third-order valence-electron chi connectivity index (χ3n) is 0. The SMILES string of the molecule is I[I-]I.O.[K+]. The molecular formula is H2I3KO. The maximum atomic E-state index is 2.39. The molecule has 5 heteroatoms. The average molecular weight is 438 g/mol. The largest absolute Gasteiger partial charge is 1.00 e. The van der Waals surface area contributed by atoms with Crippen LogP contribution in [-0.4, -0.2) is 5.48 Å². The summed E-state index contributed by atoms with van der Waals surface area (Å²) in [5.74, 6) is 0. The maximum absolute atomic E-state index is 2.39. The van der Waals surface area contributed by atoms with E-state index in [0.717, 1.165) is 0 Å². The quantitative estimate of drug-likeness (QED) is 0.268. The van der Waals surface area contributed by atoms with Crippen molar-refractivity contribution in [1.82, 2.24) is 0 Å². The Morgan fingerprint density at radius 2 is 1.20 bits per heavy atom. The van der Waals surface area contributed by atoms with Crippen LogP contribution in [0.15, 0.2) is 0 Å². The normalized spacial score (nSPS) is 4.40. The number of halogens is 3. The van der Waals surface area contributed by atoms with E-state index < -0.39 is 0 Å². The van der Waals surface area contributed by atoms with Crippen LogP contribution in [0, 0.1) is 0 Å². The van der Waals surface area contributed by atoms with Crippen molar-refractivity contribution in [3.8, 4) is 0 Å². The summed E-state index contributed by atoms with van der Waals surface area (Å²) < 4.78 is 0. The van der Waals surface area contributed by atoms with Crippen LogP contribution in [0.25, 0.3) is 0 Å². The van der Waals surface area contributed by atoms with Gasteiger partial charge in [0.1, 0.15) is 0 Å². The Labute approximate surface area is 104 Å². The van der Waals surface area contributed by atoms with E-state index in [1.807, 2.05) is 0 Å². The topological polar surface area (TPSA) is 31.5 Å². The van der Waals surface area contributed by atoms with Crippen LogP contribution in [-0.2, 0) is 0 Å². The van der Waals surface area contributed by atoms with Crippen molar-refractivity contribution in [3.63, 3.8) is 0 Å². The Morgan fingerprint density at radius 3 is 1.20 bits per heavy atom. The molecule has 0 aliphatic heterocycles. The zero-order valence-electron chi connectivity index (χ0n) is 2.63. The van der Waals surface area contributed by atoms with Crippen LogP contribution >= 0.6 is 37.2 Å². The molecule has 0 aliphatic rings. The van der Waals surface area contributed by atoms with Crippen molar-refractivity contribution in [3.05, 3.63) is 0 Å². The molecule has 1 nitrogen and oxygen atoms in total. The molecule has 0 amide bonds. The molecule has 0 aliphatic carbocycles. The number of hydrogen-bond donors (Lipinski definition) is 0. The molecule has 0 saturated carbocycles. The first-order valence-corrected chi connectivity index (χ1v) is 12.9. The minimum Gasteiger partial charge on any atom is -0.412 e. The Morgan fingerprint density at radius 1 is 1.20 bits per heavy atom. The van der Waals surface area contributed by atoms with Gasteiger partial charge in [-0.25, -0.2) is 0 Å². The van der Waals surface area contributed by atoms with E-state index in [4.69, 9.17) is 0 Å². The third-order valence-corrected chi connectivity index (χ3v) is 0. The van der Waals surface area contributed by atoms with Gasteiger partial charge in [0.25, 0.3) is 0 Å². The first kappa shape index (κ1) is 15.9. The molecule has 0 radical (unpaired) electrons. The van der Waals surface area contributed by atoms with Gasteiger partial charge in [0, 0.05) is 0 Å². The molecule has 0 aromatic carbocycles. The summed E-state index contributed by atoms with van der Waals surface area (Å²) in [7, 11) is 0. The number of rotatable bonds is 0. The Hall–Kier alpha value is 3.79. The van der Waals surface area contributed by atoms with Gasteiger partial charge in [-0.3, -0.25) is 0 Å². The van der Waals surface area contributed by atoms with Gasteiger partial charge < -0.3 is 5.48 Å². The fraction of sp³-hybridized carbons (Fsp3) is 0. The van der Waals surface area contributed by atoms with E-state index in [9.17, 15) is 0 Å². The summed E-state index contributed by atoms with van der Waals surface area (Å²) in [5, 5.41) is 0. The maximum Gasteiger partial charge on any atom is 1.00 e. The summed E-state index contributed by atoms with van der Waals surface area (Å²) in [4.78, 5) is 0. The summed E-state index contributed by atoms with van der Waals surface area (Å²) >= 11 is 5.30. The third kappa shape index (κ3) is 18.2. The molecule has 0 fully saturated rings. The molecule has 0 saturated heterocycles. The number of hydrogen-bond acceptors (Lipinski definition) is 0. The fourth-order valence-electron chi connectivity index (χ4n) is 0. The van der Waals surface area contributed by atoms with Crippen LogP contribution in [0.4, 0.5) is 0 Å². The van der Waals surface area contributed by atoms with Gasteiger partial charge in [-0.05, 0) is 0 Å². The standard InChI is InChI=1S/I3.K.H2O/c1-3-2;;/h;;1H2/q-1;+1;. The van der Waals surface area contributed by atoms with Gasteiger partial charge >= 0.3 is 102 Å². The molecule has 2 N–H and O–H groups in total. The first-order valence-electron chi connectivity index (χ1n) is 0.286. The Kier molecular flexibility index (Phi) is 49.8. The molecule has 0 aromatic rings.